The van der Waals surface area contributed by atoms with Gasteiger partial charge in [0, 0.05) is 29.0 Å². The Labute approximate surface area is 106 Å². The van der Waals surface area contributed by atoms with Crippen molar-refractivity contribution in [1.82, 2.24) is 0 Å². The molecule has 1 aromatic carbocycles. The van der Waals surface area contributed by atoms with Crippen LogP contribution in [0.4, 0.5) is 0 Å². The van der Waals surface area contributed by atoms with E-state index in [-0.39, 0.29) is 29.7 Å². The molecule has 0 heterocycles. The van der Waals surface area contributed by atoms with Gasteiger partial charge in [-0.2, -0.15) is 0 Å². The summed E-state index contributed by atoms with van der Waals surface area (Å²) in [5.74, 6) is -0.566. The van der Waals surface area contributed by atoms with Crippen LogP contribution in [0.5, 0.6) is 0 Å². The summed E-state index contributed by atoms with van der Waals surface area (Å²) in [6, 6.07) is 6.70. The first-order valence-corrected chi connectivity index (χ1v) is 5.92. The van der Waals surface area contributed by atoms with E-state index in [1.165, 1.54) is 6.08 Å². The van der Waals surface area contributed by atoms with Crippen LogP contribution in [0.3, 0.4) is 0 Å². The summed E-state index contributed by atoms with van der Waals surface area (Å²) in [7, 11) is 0. The van der Waals surface area contributed by atoms with Gasteiger partial charge in [0.1, 0.15) is 5.78 Å². The van der Waals surface area contributed by atoms with Crippen molar-refractivity contribution in [2.75, 3.05) is 0 Å². The number of allylic oxidation sites excluding steroid dienone is 2. The van der Waals surface area contributed by atoms with E-state index >= 15 is 0 Å². The highest BCUT2D eigenvalue weighted by Gasteiger charge is 2.26. The monoisotopic (exact) mass is 242 g/mol. The van der Waals surface area contributed by atoms with Crippen molar-refractivity contribution < 1.29 is 14.4 Å². The highest BCUT2D eigenvalue weighted by Crippen LogP contribution is 2.23. The minimum atomic E-state index is -0.209. The summed E-state index contributed by atoms with van der Waals surface area (Å²) >= 11 is 0. The van der Waals surface area contributed by atoms with Gasteiger partial charge in [-0.1, -0.05) is 38.1 Å². The summed E-state index contributed by atoms with van der Waals surface area (Å²) in [5, 5.41) is 0. The number of carbonyl (C=O) groups is 3. The second-order valence-corrected chi connectivity index (χ2v) is 4.71. The van der Waals surface area contributed by atoms with Crippen molar-refractivity contribution in [3.05, 3.63) is 47.0 Å². The highest BCUT2D eigenvalue weighted by molar-refractivity contribution is 6.25. The van der Waals surface area contributed by atoms with Crippen LogP contribution in [0, 0.1) is 5.92 Å². The van der Waals surface area contributed by atoms with E-state index in [1.54, 1.807) is 38.1 Å². The maximum atomic E-state index is 12.1. The quantitative estimate of drug-likeness (QED) is 0.818. The number of carbonyl (C=O) groups excluding carboxylic acids is 3. The second kappa shape index (κ2) is 4.69. The van der Waals surface area contributed by atoms with Crippen LogP contribution in [-0.2, 0) is 4.79 Å². The molecule has 1 aliphatic rings. The van der Waals surface area contributed by atoms with Crippen molar-refractivity contribution >= 4 is 17.3 Å². The third kappa shape index (κ3) is 2.16. The van der Waals surface area contributed by atoms with Crippen molar-refractivity contribution in [3.8, 4) is 0 Å². The summed E-state index contributed by atoms with van der Waals surface area (Å²) in [4.78, 5) is 35.7. The molecule has 0 amide bonds. The van der Waals surface area contributed by atoms with Crippen molar-refractivity contribution in [3.63, 3.8) is 0 Å². The molecule has 0 unspecified atom stereocenters. The lowest BCUT2D eigenvalue weighted by Gasteiger charge is -2.15. The molecule has 0 saturated heterocycles. The standard InChI is InChI=1S/C15H14O3/c1-9(2)13(16)7-10-8-14(17)11-5-3-4-6-12(11)15(10)18/h3-6,8-9H,7H2,1-2H3. The summed E-state index contributed by atoms with van der Waals surface area (Å²) in [6.45, 7) is 3.57. The number of rotatable bonds is 3. The van der Waals surface area contributed by atoms with Gasteiger partial charge in [-0.15, -0.1) is 0 Å². The second-order valence-electron chi connectivity index (χ2n) is 4.71. The Balaban J connectivity index is 2.34. The summed E-state index contributed by atoms with van der Waals surface area (Å²) < 4.78 is 0. The lowest BCUT2D eigenvalue weighted by molar-refractivity contribution is -0.121. The maximum Gasteiger partial charge on any atom is 0.190 e. The van der Waals surface area contributed by atoms with E-state index in [0.717, 1.165) is 0 Å². The zero-order chi connectivity index (χ0) is 13.3. The Hall–Kier alpha value is -2.03. The molecule has 0 fully saturated rings. The molecule has 0 spiro atoms. The Morgan fingerprint density at radius 2 is 1.72 bits per heavy atom. The van der Waals surface area contributed by atoms with Gasteiger partial charge in [0.25, 0.3) is 0 Å². The molecule has 3 heteroatoms. The van der Waals surface area contributed by atoms with Crippen LogP contribution in [0.1, 0.15) is 41.0 Å². The van der Waals surface area contributed by atoms with Crippen molar-refractivity contribution in [1.29, 1.82) is 0 Å². The fourth-order valence-corrected chi connectivity index (χ4v) is 1.89. The molecule has 2 rings (SSSR count). The minimum Gasteiger partial charge on any atom is -0.299 e. The Morgan fingerprint density at radius 3 is 2.33 bits per heavy atom. The number of hydrogen-bond acceptors (Lipinski definition) is 3. The molecule has 1 aromatic rings. The van der Waals surface area contributed by atoms with E-state index in [9.17, 15) is 14.4 Å². The van der Waals surface area contributed by atoms with E-state index < -0.39 is 0 Å². The Kier molecular flexibility index (Phi) is 3.24. The van der Waals surface area contributed by atoms with Crippen LogP contribution in [0.2, 0.25) is 0 Å². The molecule has 92 valence electrons. The number of fused-ring (bicyclic) bond motifs is 1. The fourth-order valence-electron chi connectivity index (χ4n) is 1.89. The maximum absolute atomic E-state index is 12.1. The lowest BCUT2D eigenvalue weighted by Crippen LogP contribution is -2.20. The number of hydrogen-bond donors (Lipinski definition) is 0. The van der Waals surface area contributed by atoms with E-state index in [4.69, 9.17) is 0 Å². The molecule has 18 heavy (non-hydrogen) atoms. The average molecular weight is 242 g/mol. The van der Waals surface area contributed by atoms with E-state index in [2.05, 4.69) is 0 Å². The minimum absolute atomic E-state index is 0.0261. The van der Waals surface area contributed by atoms with Gasteiger partial charge in [0.05, 0.1) is 0 Å². The number of benzene rings is 1. The van der Waals surface area contributed by atoms with Gasteiger partial charge in [0.2, 0.25) is 0 Å². The van der Waals surface area contributed by atoms with E-state index in [0.29, 0.717) is 16.7 Å². The Bertz CT molecular complexity index is 565. The molecule has 0 aliphatic heterocycles. The van der Waals surface area contributed by atoms with E-state index in [1.807, 2.05) is 0 Å². The van der Waals surface area contributed by atoms with Crippen molar-refractivity contribution in [2.45, 2.75) is 20.3 Å². The Morgan fingerprint density at radius 1 is 1.11 bits per heavy atom. The largest absolute Gasteiger partial charge is 0.299 e. The molecule has 0 saturated carbocycles. The van der Waals surface area contributed by atoms with Crippen LogP contribution in [0.15, 0.2) is 35.9 Å². The predicted molar refractivity (Wildman–Crippen MR) is 67.6 cm³/mol. The van der Waals surface area contributed by atoms with Gasteiger partial charge >= 0.3 is 0 Å². The van der Waals surface area contributed by atoms with Crippen LogP contribution >= 0.6 is 0 Å². The first kappa shape index (κ1) is 12.4. The first-order chi connectivity index (χ1) is 8.50. The first-order valence-electron chi connectivity index (χ1n) is 5.92. The molecule has 1 aliphatic carbocycles. The van der Waals surface area contributed by atoms with Crippen LogP contribution in [-0.4, -0.2) is 17.3 Å². The van der Waals surface area contributed by atoms with Gasteiger partial charge in [-0.3, -0.25) is 14.4 Å². The van der Waals surface area contributed by atoms with Gasteiger partial charge in [0.15, 0.2) is 11.6 Å². The molecule has 0 atom stereocenters. The zero-order valence-corrected chi connectivity index (χ0v) is 10.4. The molecule has 0 bridgehead atoms. The third-order valence-corrected chi connectivity index (χ3v) is 3.04. The molecular weight excluding hydrogens is 228 g/mol. The highest BCUT2D eigenvalue weighted by atomic mass is 16.1. The van der Waals surface area contributed by atoms with Crippen LogP contribution < -0.4 is 0 Å². The fraction of sp³-hybridized carbons (Fsp3) is 0.267. The lowest BCUT2D eigenvalue weighted by atomic mass is 9.86. The van der Waals surface area contributed by atoms with Gasteiger partial charge in [-0.05, 0) is 6.08 Å². The zero-order valence-electron chi connectivity index (χ0n) is 10.4. The van der Waals surface area contributed by atoms with Gasteiger partial charge < -0.3 is 0 Å². The molecule has 3 nitrogen and oxygen atoms in total. The molecule has 0 radical (unpaired) electrons. The molecule has 0 aromatic heterocycles. The summed E-state index contributed by atoms with van der Waals surface area (Å²) in [5.41, 5.74) is 1.12. The molecular formula is C15H14O3. The van der Waals surface area contributed by atoms with Crippen LogP contribution in [0.25, 0.3) is 0 Å². The SMILES string of the molecule is CC(C)C(=O)CC1=CC(=O)c2ccccc2C1=O. The number of ketones is 3. The van der Waals surface area contributed by atoms with Crippen molar-refractivity contribution in [2.24, 2.45) is 5.92 Å². The normalized spacial score (nSPS) is 14.5. The smallest absolute Gasteiger partial charge is 0.190 e. The average Bonchev–Trinajstić information content (AvgIpc) is 2.35. The topological polar surface area (TPSA) is 51.2 Å². The predicted octanol–water partition coefficient (Wildman–Crippen LogP) is 2.61. The van der Waals surface area contributed by atoms with Gasteiger partial charge in [-0.25, -0.2) is 0 Å². The third-order valence-electron chi connectivity index (χ3n) is 3.04. The summed E-state index contributed by atoms with van der Waals surface area (Å²) in [6.07, 6.45) is 1.33. The molecule has 0 N–H and O–H groups in total. The number of Topliss-reactive ketones (excluding diaryl/α,β-unsaturated/α-hetero) is 2.